The van der Waals surface area contributed by atoms with Gasteiger partial charge in [0.2, 0.25) is 10.0 Å². The summed E-state index contributed by atoms with van der Waals surface area (Å²) in [5.41, 5.74) is 6.16. The van der Waals surface area contributed by atoms with Crippen LogP contribution in [0.3, 0.4) is 0 Å². The van der Waals surface area contributed by atoms with Crippen LogP contribution in [0, 0.1) is 5.92 Å². The van der Waals surface area contributed by atoms with Crippen molar-refractivity contribution in [1.82, 2.24) is 4.31 Å². The van der Waals surface area contributed by atoms with Crippen molar-refractivity contribution in [3.05, 3.63) is 22.7 Å². The predicted octanol–water partition coefficient (Wildman–Crippen LogP) is 2.45. The summed E-state index contributed by atoms with van der Waals surface area (Å²) in [7, 11) is -1.79. The molecule has 18 heavy (non-hydrogen) atoms. The van der Waals surface area contributed by atoms with Crippen LogP contribution in [0.1, 0.15) is 19.3 Å². The normalized spacial score (nSPS) is 16.8. The molecule has 0 aromatic heterocycles. The molecule has 0 spiro atoms. The van der Waals surface area contributed by atoms with Crippen LogP contribution in [0.15, 0.2) is 27.6 Å². The Labute approximate surface area is 116 Å². The van der Waals surface area contributed by atoms with Gasteiger partial charge in [-0.3, -0.25) is 0 Å². The Bertz CT molecular complexity index is 541. The van der Waals surface area contributed by atoms with Crippen LogP contribution in [0.5, 0.6) is 0 Å². The lowest BCUT2D eigenvalue weighted by Crippen LogP contribution is -2.34. The molecule has 0 amide bonds. The number of benzene rings is 1. The second kappa shape index (κ2) is 5.19. The molecule has 6 heteroatoms. The minimum atomic E-state index is -3.43. The Morgan fingerprint density at radius 2 is 2.11 bits per heavy atom. The van der Waals surface area contributed by atoms with Crippen molar-refractivity contribution in [3.8, 4) is 0 Å². The number of hydrogen-bond donors (Lipinski definition) is 1. The Morgan fingerprint density at radius 1 is 1.44 bits per heavy atom. The van der Waals surface area contributed by atoms with Gasteiger partial charge < -0.3 is 5.73 Å². The molecule has 1 aliphatic rings. The highest BCUT2D eigenvalue weighted by Gasteiger charge is 2.27. The smallest absolute Gasteiger partial charge is 0.243 e. The van der Waals surface area contributed by atoms with Gasteiger partial charge in [0.15, 0.2) is 0 Å². The molecular formula is C12H17BrN2O2S. The fourth-order valence-electron chi connectivity index (χ4n) is 2.03. The first-order valence-electron chi connectivity index (χ1n) is 5.92. The lowest BCUT2D eigenvalue weighted by molar-refractivity contribution is 0.263. The maximum absolute atomic E-state index is 12.4. The Morgan fingerprint density at radius 3 is 2.61 bits per heavy atom. The summed E-state index contributed by atoms with van der Waals surface area (Å²) in [4.78, 5) is 0.276. The molecule has 2 N–H and O–H groups in total. The number of nitrogens with zero attached hydrogens (tertiary/aromatic N) is 1. The molecule has 1 saturated carbocycles. The molecule has 0 radical (unpaired) electrons. The van der Waals surface area contributed by atoms with E-state index in [1.807, 2.05) is 0 Å². The van der Waals surface area contributed by atoms with Crippen LogP contribution in [0.2, 0.25) is 0 Å². The molecule has 0 saturated heterocycles. The predicted molar refractivity (Wildman–Crippen MR) is 75.7 cm³/mol. The van der Waals surface area contributed by atoms with Crippen LogP contribution >= 0.6 is 15.9 Å². The van der Waals surface area contributed by atoms with E-state index in [2.05, 4.69) is 15.9 Å². The van der Waals surface area contributed by atoms with E-state index in [9.17, 15) is 8.42 Å². The third kappa shape index (κ3) is 2.70. The molecular weight excluding hydrogens is 316 g/mol. The quantitative estimate of drug-likeness (QED) is 0.861. The van der Waals surface area contributed by atoms with Crippen molar-refractivity contribution >= 4 is 31.6 Å². The van der Waals surface area contributed by atoms with Crippen LogP contribution < -0.4 is 5.73 Å². The van der Waals surface area contributed by atoms with Crippen molar-refractivity contribution < 1.29 is 8.42 Å². The molecule has 4 nitrogen and oxygen atoms in total. The Kier molecular flexibility index (Phi) is 3.99. The molecule has 1 aliphatic carbocycles. The van der Waals surface area contributed by atoms with E-state index in [1.165, 1.54) is 10.7 Å². The van der Waals surface area contributed by atoms with Gasteiger partial charge in [-0.1, -0.05) is 6.42 Å². The third-order valence-corrected chi connectivity index (χ3v) is 6.18. The summed E-state index contributed by atoms with van der Waals surface area (Å²) in [6, 6.07) is 4.77. The average Bonchev–Trinajstić information content (AvgIpc) is 2.22. The van der Waals surface area contributed by atoms with E-state index in [4.69, 9.17) is 5.73 Å². The monoisotopic (exact) mass is 332 g/mol. The number of rotatable bonds is 4. The molecule has 0 aliphatic heterocycles. The van der Waals surface area contributed by atoms with E-state index < -0.39 is 10.0 Å². The maximum Gasteiger partial charge on any atom is 0.243 e. The molecule has 2 rings (SSSR count). The van der Waals surface area contributed by atoms with E-state index in [0.717, 1.165) is 12.8 Å². The SMILES string of the molecule is CN(CC1CCC1)S(=O)(=O)c1ccc(N)cc1Br. The molecule has 1 aromatic carbocycles. The summed E-state index contributed by atoms with van der Waals surface area (Å²) in [5.74, 6) is 0.511. The first-order chi connectivity index (χ1) is 8.41. The molecule has 0 heterocycles. The second-order valence-corrected chi connectivity index (χ2v) is 7.64. The fourth-order valence-corrected chi connectivity index (χ4v) is 4.33. The molecule has 0 unspecified atom stereocenters. The number of anilines is 1. The van der Waals surface area contributed by atoms with E-state index in [0.29, 0.717) is 22.6 Å². The number of nitrogen functional groups attached to an aromatic ring is 1. The second-order valence-electron chi connectivity index (χ2n) is 4.77. The minimum absolute atomic E-state index is 0.276. The van der Waals surface area contributed by atoms with Gasteiger partial charge in [-0.15, -0.1) is 0 Å². The Hall–Kier alpha value is -0.590. The van der Waals surface area contributed by atoms with Gasteiger partial charge in [0.1, 0.15) is 0 Å². The lowest BCUT2D eigenvalue weighted by Gasteiger charge is -2.29. The van der Waals surface area contributed by atoms with Crippen LogP contribution in [0.25, 0.3) is 0 Å². The molecule has 0 atom stereocenters. The van der Waals surface area contributed by atoms with Gasteiger partial charge in [-0.2, -0.15) is 0 Å². The highest BCUT2D eigenvalue weighted by molar-refractivity contribution is 9.10. The zero-order valence-corrected chi connectivity index (χ0v) is 12.7. The zero-order valence-electron chi connectivity index (χ0n) is 10.3. The van der Waals surface area contributed by atoms with Crippen LogP contribution in [-0.2, 0) is 10.0 Å². The largest absolute Gasteiger partial charge is 0.399 e. The molecule has 1 aromatic rings. The van der Waals surface area contributed by atoms with Gasteiger partial charge in [0.05, 0.1) is 4.90 Å². The van der Waals surface area contributed by atoms with Crippen molar-refractivity contribution in [2.45, 2.75) is 24.2 Å². The van der Waals surface area contributed by atoms with Crippen molar-refractivity contribution in [3.63, 3.8) is 0 Å². The summed E-state index contributed by atoms with van der Waals surface area (Å²) in [5, 5.41) is 0. The van der Waals surface area contributed by atoms with E-state index in [-0.39, 0.29) is 4.90 Å². The summed E-state index contributed by atoms with van der Waals surface area (Å²) >= 11 is 3.26. The van der Waals surface area contributed by atoms with Crippen molar-refractivity contribution in [2.75, 3.05) is 19.3 Å². The van der Waals surface area contributed by atoms with Gasteiger partial charge in [0.25, 0.3) is 0 Å². The van der Waals surface area contributed by atoms with Crippen molar-refractivity contribution in [1.29, 1.82) is 0 Å². The van der Waals surface area contributed by atoms with Gasteiger partial charge in [-0.05, 0) is 52.9 Å². The summed E-state index contributed by atoms with van der Waals surface area (Å²) < 4.78 is 26.7. The topological polar surface area (TPSA) is 63.4 Å². The van der Waals surface area contributed by atoms with Crippen LogP contribution in [0.4, 0.5) is 5.69 Å². The average molecular weight is 333 g/mol. The lowest BCUT2D eigenvalue weighted by atomic mass is 9.86. The molecule has 0 bridgehead atoms. The van der Waals surface area contributed by atoms with E-state index in [1.54, 1.807) is 25.2 Å². The first kappa shape index (κ1) is 13.8. The zero-order chi connectivity index (χ0) is 13.3. The number of halogens is 1. The molecule has 100 valence electrons. The highest BCUT2D eigenvalue weighted by Crippen LogP contribution is 2.30. The standard InChI is InChI=1S/C12H17BrN2O2S/c1-15(8-9-3-2-4-9)18(16,17)12-6-5-10(14)7-11(12)13/h5-7,9H,2-4,8,14H2,1H3. The van der Waals surface area contributed by atoms with Gasteiger partial charge in [0, 0.05) is 23.8 Å². The molecule has 1 fully saturated rings. The van der Waals surface area contributed by atoms with Crippen molar-refractivity contribution in [2.24, 2.45) is 5.92 Å². The summed E-state index contributed by atoms with van der Waals surface area (Å²) in [6.07, 6.45) is 3.47. The fraction of sp³-hybridized carbons (Fsp3) is 0.500. The number of sulfonamides is 1. The van der Waals surface area contributed by atoms with E-state index >= 15 is 0 Å². The van der Waals surface area contributed by atoms with Gasteiger partial charge in [-0.25, -0.2) is 12.7 Å². The Balaban J connectivity index is 2.23. The van der Waals surface area contributed by atoms with Crippen LogP contribution in [-0.4, -0.2) is 26.3 Å². The first-order valence-corrected chi connectivity index (χ1v) is 8.16. The number of nitrogens with two attached hydrogens (primary N) is 1. The highest BCUT2D eigenvalue weighted by atomic mass is 79.9. The maximum atomic E-state index is 12.4. The number of hydrogen-bond acceptors (Lipinski definition) is 3. The van der Waals surface area contributed by atoms with Gasteiger partial charge >= 0.3 is 0 Å². The summed E-state index contributed by atoms with van der Waals surface area (Å²) in [6.45, 7) is 0.596. The third-order valence-electron chi connectivity index (χ3n) is 3.38. The minimum Gasteiger partial charge on any atom is -0.399 e.